The maximum atomic E-state index is 13.0. The second-order valence-electron chi connectivity index (χ2n) is 3.21. The fourth-order valence-corrected chi connectivity index (χ4v) is 2.94. The average molecular weight is 305 g/mol. The summed E-state index contributed by atoms with van der Waals surface area (Å²) in [6, 6.07) is 5.18. The number of benzene rings is 1. The highest BCUT2D eigenvalue weighted by atomic mass is 79.9. The number of thiophene rings is 1. The van der Waals surface area contributed by atoms with Gasteiger partial charge in [0.05, 0.1) is 4.88 Å². The van der Waals surface area contributed by atoms with Gasteiger partial charge in [0.2, 0.25) is 0 Å². The maximum Gasteiger partial charge on any atom is 0.159 e. The van der Waals surface area contributed by atoms with Crippen LogP contribution in [-0.4, -0.2) is 5.11 Å². The lowest BCUT2D eigenvalue weighted by Gasteiger charge is -2.10. The quantitative estimate of drug-likeness (QED) is 0.893. The summed E-state index contributed by atoms with van der Waals surface area (Å²) in [5.74, 6) is -1.87. The minimum atomic E-state index is -0.954. The smallest absolute Gasteiger partial charge is 0.159 e. The van der Waals surface area contributed by atoms with Crippen LogP contribution in [0.2, 0.25) is 0 Å². The van der Waals surface area contributed by atoms with Crippen molar-refractivity contribution in [2.75, 3.05) is 0 Å². The maximum absolute atomic E-state index is 13.0. The number of hydrogen-bond donors (Lipinski definition) is 1. The molecule has 1 nitrogen and oxygen atoms in total. The molecule has 84 valence electrons. The van der Waals surface area contributed by atoms with Crippen LogP contribution >= 0.6 is 27.3 Å². The van der Waals surface area contributed by atoms with E-state index in [1.807, 2.05) is 5.38 Å². The molecule has 0 amide bonds. The number of aliphatic hydroxyl groups is 1. The fraction of sp³-hybridized carbons (Fsp3) is 0.0909. The molecule has 1 heterocycles. The molecule has 0 aliphatic rings. The SMILES string of the molecule is OC(c1ccc(F)c(F)c1)c1sccc1Br. The third-order valence-corrected chi connectivity index (χ3v) is 4.08. The second kappa shape index (κ2) is 4.61. The Morgan fingerprint density at radius 1 is 1.19 bits per heavy atom. The summed E-state index contributed by atoms with van der Waals surface area (Å²) in [4.78, 5) is 0.672. The van der Waals surface area contributed by atoms with Crippen LogP contribution in [0.3, 0.4) is 0 Å². The van der Waals surface area contributed by atoms with Gasteiger partial charge < -0.3 is 5.11 Å². The normalized spacial score (nSPS) is 12.8. The first-order valence-corrected chi connectivity index (χ1v) is 6.13. The summed E-state index contributed by atoms with van der Waals surface area (Å²) in [5, 5.41) is 11.8. The van der Waals surface area contributed by atoms with Crippen LogP contribution in [-0.2, 0) is 0 Å². The predicted octanol–water partition coefficient (Wildman–Crippen LogP) is 3.87. The number of halogens is 3. The molecule has 0 radical (unpaired) electrons. The van der Waals surface area contributed by atoms with Crippen molar-refractivity contribution in [2.45, 2.75) is 6.10 Å². The lowest BCUT2D eigenvalue weighted by atomic mass is 10.1. The Morgan fingerprint density at radius 2 is 1.94 bits per heavy atom. The average Bonchev–Trinajstić information content (AvgIpc) is 2.67. The van der Waals surface area contributed by atoms with Gasteiger partial charge in [0.25, 0.3) is 0 Å². The number of hydrogen-bond acceptors (Lipinski definition) is 2. The Hall–Kier alpha value is -0.780. The largest absolute Gasteiger partial charge is 0.383 e. The van der Waals surface area contributed by atoms with Crippen molar-refractivity contribution in [3.63, 3.8) is 0 Å². The lowest BCUT2D eigenvalue weighted by molar-refractivity contribution is 0.222. The fourth-order valence-electron chi connectivity index (χ4n) is 1.33. The number of aliphatic hydroxyl groups excluding tert-OH is 1. The molecule has 1 N–H and O–H groups in total. The summed E-state index contributed by atoms with van der Waals surface area (Å²) in [6.07, 6.45) is -0.940. The van der Waals surface area contributed by atoms with Crippen LogP contribution in [0.4, 0.5) is 8.78 Å². The second-order valence-corrected chi connectivity index (χ2v) is 5.01. The first-order chi connectivity index (χ1) is 7.59. The van der Waals surface area contributed by atoms with Crippen molar-refractivity contribution >= 4 is 27.3 Å². The van der Waals surface area contributed by atoms with Crippen LogP contribution in [0.5, 0.6) is 0 Å². The first kappa shape index (κ1) is 11.7. The van der Waals surface area contributed by atoms with Gasteiger partial charge in [-0.25, -0.2) is 8.78 Å². The van der Waals surface area contributed by atoms with Gasteiger partial charge >= 0.3 is 0 Å². The first-order valence-electron chi connectivity index (χ1n) is 4.45. The van der Waals surface area contributed by atoms with Crippen LogP contribution in [0, 0.1) is 11.6 Å². The zero-order valence-corrected chi connectivity index (χ0v) is 10.4. The highest BCUT2D eigenvalue weighted by molar-refractivity contribution is 9.10. The molecule has 0 saturated heterocycles. The van der Waals surface area contributed by atoms with E-state index in [0.29, 0.717) is 10.4 Å². The summed E-state index contributed by atoms with van der Waals surface area (Å²) in [5.41, 5.74) is 0.335. The molecular formula is C11H7BrF2OS. The molecule has 2 rings (SSSR count). The van der Waals surface area contributed by atoms with Gasteiger partial charge in [-0.15, -0.1) is 11.3 Å². The van der Waals surface area contributed by atoms with Gasteiger partial charge in [-0.2, -0.15) is 0 Å². The Kier molecular flexibility index (Phi) is 3.37. The van der Waals surface area contributed by atoms with Crippen molar-refractivity contribution in [2.24, 2.45) is 0 Å². The van der Waals surface area contributed by atoms with Crippen LogP contribution < -0.4 is 0 Å². The molecule has 1 atom stereocenters. The van der Waals surface area contributed by atoms with E-state index in [0.717, 1.165) is 16.6 Å². The Labute approximate surface area is 103 Å². The monoisotopic (exact) mass is 304 g/mol. The number of rotatable bonds is 2. The summed E-state index contributed by atoms with van der Waals surface area (Å²) < 4.78 is 26.5. The Morgan fingerprint density at radius 3 is 2.50 bits per heavy atom. The van der Waals surface area contributed by atoms with Gasteiger partial charge in [0.15, 0.2) is 11.6 Å². The van der Waals surface area contributed by atoms with Gasteiger partial charge in [-0.3, -0.25) is 0 Å². The standard InChI is InChI=1S/C11H7BrF2OS/c12-7-3-4-16-11(7)10(15)6-1-2-8(13)9(14)5-6/h1-5,10,15H. The highest BCUT2D eigenvalue weighted by Gasteiger charge is 2.16. The van der Waals surface area contributed by atoms with E-state index in [2.05, 4.69) is 15.9 Å². The van der Waals surface area contributed by atoms with E-state index in [1.54, 1.807) is 6.07 Å². The van der Waals surface area contributed by atoms with Crippen molar-refractivity contribution < 1.29 is 13.9 Å². The van der Waals surface area contributed by atoms with Crippen molar-refractivity contribution in [3.05, 3.63) is 56.2 Å². The van der Waals surface area contributed by atoms with E-state index in [4.69, 9.17) is 0 Å². The zero-order chi connectivity index (χ0) is 11.7. The molecule has 5 heteroatoms. The minimum absolute atomic E-state index is 0.335. The van der Waals surface area contributed by atoms with Crippen LogP contribution in [0.15, 0.2) is 34.1 Å². The summed E-state index contributed by atoms with van der Waals surface area (Å²) in [6.45, 7) is 0. The van der Waals surface area contributed by atoms with E-state index >= 15 is 0 Å². The Balaban J connectivity index is 2.38. The van der Waals surface area contributed by atoms with Crippen LogP contribution in [0.1, 0.15) is 16.5 Å². The molecule has 1 aromatic heterocycles. The summed E-state index contributed by atoms with van der Waals surface area (Å²) in [7, 11) is 0. The molecule has 1 unspecified atom stereocenters. The predicted molar refractivity (Wildman–Crippen MR) is 62.4 cm³/mol. The van der Waals surface area contributed by atoms with Crippen molar-refractivity contribution in [1.82, 2.24) is 0 Å². The molecule has 16 heavy (non-hydrogen) atoms. The minimum Gasteiger partial charge on any atom is -0.383 e. The third kappa shape index (κ3) is 2.16. The Bertz CT molecular complexity index is 512. The third-order valence-electron chi connectivity index (χ3n) is 2.15. The molecular weight excluding hydrogens is 298 g/mol. The van der Waals surface area contributed by atoms with Gasteiger partial charge in [-0.1, -0.05) is 6.07 Å². The van der Waals surface area contributed by atoms with Crippen molar-refractivity contribution in [1.29, 1.82) is 0 Å². The molecule has 0 saturated carbocycles. The summed E-state index contributed by atoms with van der Waals surface area (Å²) >= 11 is 4.63. The molecule has 0 fully saturated rings. The van der Waals surface area contributed by atoms with E-state index < -0.39 is 17.7 Å². The van der Waals surface area contributed by atoms with Gasteiger partial charge in [0, 0.05) is 4.47 Å². The highest BCUT2D eigenvalue weighted by Crippen LogP contribution is 2.33. The van der Waals surface area contributed by atoms with Crippen LogP contribution in [0.25, 0.3) is 0 Å². The topological polar surface area (TPSA) is 20.2 Å². The van der Waals surface area contributed by atoms with E-state index in [1.165, 1.54) is 17.4 Å². The molecule has 0 aliphatic heterocycles. The van der Waals surface area contributed by atoms with E-state index in [-0.39, 0.29) is 0 Å². The van der Waals surface area contributed by atoms with E-state index in [9.17, 15) is 13.9 Å². The molecule has 0 bridgehead atoms. The van der Waals surface area contributed by atoms with Crippen molar-refractivity contribution in [3.8, 4) is 0 Å². The molecule has 2 aromatic rings. The van der Waals surface area contributed by atoms with Gasteiger partial charge in [0.1, 0.15) is 6.10 Å². The lowest BCUT2D eigenvalue weighted by Crippen LogP contribution is -1.99. The molecule has 0 spiro atoms. The van der Waals surface area contributed by atoms with Gasteiger partial charge in [-0.05, 0) is 45.1 Å². The molecule has 0 aliphatic carbocycles. The zero-order valence-electron chi connectivity index (χ0n) is 7.95. The molecule has 1 aromatic carbocycles.